The molecule has 108 valence electrons. The number of nitrogens with zero attached hydrogens (tertiary/aromatic N) is 2. The van der Waals surface area contributed by atoms with Crippen molar-refractivity contribution in [2.45, 2.75) is 6.54 Å². The van der Waals surface area contributed by atoms with E-state index in [9.17, 15) is 14.9 Å². The van der Waals surface area contributed by atoms with Crippen LogP contribution < -0.4 is 5.32 Å². The average Bonchev–Trinajstić information content (AvgIpc) is 2.46. The van der Waals surface area contributed by atoms with Gasteiger partial charge in [0.05, 0.1) is 21.2 Å². The molecule has 1 aromatic carbocycles. The van der Waals surface area contributed by atoms with Crippen molar-refractivity contribution < 1.29 is 14.8 Å². The number of non-ortho nitro benzene ring substituents is 1. The van der Waals surface area contributed by atoms with Gasteiger partial charge in [-0.3, -0.25) is 15.1 Å². The molecule has 0 aliphatic carbocycles. The number of carbonyl (C=O) groups is 1. The van der Waals surface area contributed by atoms with Crippen LogP contribution >= 0.6 is 11.6 Å². The predicted octanol–water partition coefficient (Wildman–Crippen LogP) is 2.95. The normalized spacial score (nSPS) is 10.1. The van der Waals surface area contributed by atoms with Gasteiger partial charge >= 0.3 is 5.97 Å². The second kappa shape index (κ2) is 6.19. The molecule has 0 aliphatic heterocycles. The topological polar surface area (TPSA) is 105 Å². The minimum absolute atomic E-state index is 0.0179. The second-order valence-corrected chi connectivity index (χ2v) is 4.53. The molecule has 1 heterocycles. The maximum absolute atomic E-state index is 11.2. The molecule has 0 unspecified atom stereocenters. The monoisotopic (exact) mass is 307 g/mol. The molecule has 21 heavy (non-hydrogen) atoms. The molecule has 8 heteroatoms. The molecule has 0 fully saturated rings. The average molecular weight is 308 g/mol. The first-order valence-electron chi connectivity index (χ1n) is 5.83. The molecule has 0 spiro atoms. The summed E-state index contributed by atoms with van der Waals surface area (Å²) in [5.74, 6) is -1.29. The fourth-order valence-corrected chi connectivity index (χ4v) is 2.02. The van der Waals surface area contributed by atoms with Crippen molar-refractivity contribution in [3.05, 3.63) is 62.9 Å². The van der Waals surface area contributed by atoms with Crippen LogP contribution in [0.25, 0.3) is 0 Å². The molecule has 2 aromatic rings. The van der Waals surface area contributed by atoms with Gasteiger partial charge in [0.2, 0.25) is 0 Å². The molecule has 0 radical (unpaired) electrons. The van der Waals surface area contributed by atoms with Crippen LogP contribution in [0, 0.1) is 10.1 Å². The maximum atomic E-state index is 11.2. The highest BCUT2D eigenvalue weighted by Crippen LogP contribution is 2.31. The number of nitro benzene ring substituents is 1. The van der Waals surface area contributed by atoms with Crippen LogP contribution in [0.3, 0.4) is 0 Å². The number of halogens is 1. The van der Waals surface area contributed by atoms with E-state index >= 15 is 0 Å². The number of carboxylic acids is 1. The van der Waals surface area contributed by atoms with Gasteiger partial charge < -0.3 is 10.4 Å². The van der Waals surface area contributed by atoms with E-state index in [1.165, 1.54) is 0 Å². The number of hydrogen-bond donors (Lipinski definition) is 2. The van der Waals surface area contributed by atoms with E-state index in [2.05, 4.69) is 10.3 Å². The van der Waals surface area contributed by atoms with Crippen LogP contribution in [0.15, 0.2) is 36.7 Å². The SMILES string of the molecule is O=C(O)c1cc([N+](=O)[O-])cc(Cl)c1NCc1ccncc1. The zero-order valence-electron chi connectivity index (χ0n) is 10.6. The number of aromatic nitrogens is 1. The van der Waals surface area contributed by atoms with Gasteiger partial charge in [0.1, 0.15) is 0 Å². The molecule has 0 saturated carbocycles. The number of benzene rings is 1. The Balaban J connectivity index is 2.34. The fourth-order valence-electron chi connectivity index (χ4n) is 1.74. The van der Waals surface area contributed by atoms with Crippen molar-refractivity contribution in [3.63, 3.8) is 0 Å². The number of anilines is 1. The third-order valence-electron chi connectivity index (χ3n) is 2.73. The highest BCUT2D eigenvalue weighted by atomic mass is 35.5. The predicted molar refractivity (Wildman–Crippen MR) is 76.6 cm³/mol. The number of hydrogen-bond acceptors (Lipinski definition) is 5. The number of pyridine rings is 1. The quantitative estimate of drug-likeness (QED) is 0.650. The van der Waals surface area contributed by atoms with E-state index in [1.54, 1.807) is 24.5 Å². The minimum Gasteiger partial charge on any atom is -0.478 e. The summed E-state index contributed by atoms with van der Waals surface area (Å²) in [5, 5.41) is 22.8. The molecule has 0 atom stereocenters. The lowest BCUT2D eigenvalue weighted by molar-refractivity contribution is -0.384. The molecule has 0 amide bonds. The number of rotatable bonds is 5. The molecular formula is C13H10ClN3O4. The number of carboxylic acid groups (broad SMARTS) is 1. The van der Waals surface area contributed by atoms with Crippen LogP contribution in [-0.4, -0.2) is 21.0 Å². The van der Waals surface area contributed by atoms with Gasteiger partial charge in [-0.25, -0.2) is 4.79 Å². The smallest absolute Gasteiger partial charge is 0.338 e. The van der Waals surface area contributed by atoms with Gasteiger partial charge in [-0.05, 0) is 17.7 Å². The lowest BCUT2D eigenvalue weighted by Gasteiger charge is -2.11. The van der Waals surface area contributed by atoms with E-state index in [1.807, 2.05) is 0 Å². The Morgan fingerprint density at radius 3 is 2.62 bits per heavy atom. The van der Waals surface area contributed by atoms with Crippen LogP contribution in [0.1, 0.15) is 15.9 Å². The standard InChI is InChI=1S/C13H10ClN3O4/c14-11-6-9(17(20)21)5-10(13(18)19)12(11)16-7-8-1-3-15-4-2-8/h1-6,16H,7H2,(H,18,19). The molecule has 7 nitrogen and oxygen atoms in total. The third kappa shape index (κ3) is 3.46. The van der Waals surface area contributed by atoms with Gasteiger partial charge in [0.25, 0.3) is 5.69 Å². The van der Waals surface area contributed by atoms with E-state index in [-0.39, 0.29) is 22.0 Å². The Kier molecular flexibility index (Phi) is 4.34. The van der Waals surface area contributed by atoms with Crippen LogP contribution in [-0.2, 0) is 6.54 Å². The molecule has 1 aromatic heterocycles. The zero-order valence-corrected chi connectivity index (χ0v) is 11.4. The van der Waals surface area contributed by atoms with Gasteiger partial charge in [0.15, 0.2) is 0 Å². The number of nitrogens with one attached hydrogen (secondary N) is 1. The van der Waals surface area contributed by atoms with E-state index in [4.69, 9.17) is 16.7 Å². The summed E-state index contributed by atoms with van der Waals surface area (Å²) < 4.78 is 0. The second-order valence-electron chi connectivity index (χ2n) is 4.12. The molecule has 0 aliphatic rings. The summed E-state index contributed by atoms with van der Waals surface area (Å²) in [7, 11) is 0. The zero-order chi connectivity index (χ0) is 15.4. The number of nitro groups is 1. The Morgan fingerprint density at radius 1 is 1.38 bits per heavy atom. The van der Waals surface area contributed by atoms with Gasteiger partial charge in [0, 0.05) is 31.1 Å². The summed E-state index contributed by atoms with van der Waals surface area (Å²) in [6, 6.07) is 5.60. The lowest BCUT2D eigenvalue weighted by Crippen LogP contribution is -2.08. The van der Waals surface area contributed by atoms with E-state index in [0.29, 0.717) is 6.54 Å². The highest BCUT2D eigenvalue weighted by Gasteiger charge is 2.19. The number of aromatic carboxylic acids is 1. The third-order valence-corrected chi connectivity index (χ3v) is 3.03. The molecule has 0 bridgehead atoms. The Bertz CT molecular complexity index is 691. The highest BCUT2D eigenvalue weighted by molar-refractivity contribution is 6.34. The van der Waals surface area contributed by atoms with Crippen LogP contribution in [0.2, 0.25) is 5.02 Å². The van der Waals surface area contributed by atoms with Crippen molar-refractivity contribution in [1.82, 2.24) is 4.98 Å². The largest absolute Gasteiger partial charge is 0.478 e. The lowest BCUT2D eigenvalue weighted by atomic mass is 10.1. The molecule has 2 N–H and O–H groups in total. The Morgan fingerprint density at radius 2 is 2.05 bits per heavy atom. The molecule has 2 rings (SSSR count). The summed E-state index contributed by atoms with van der Waals surface area (Å²) in [5.41, 5.74) is 0.400. The minimum atomic E-state index is -1.29. The van der Waals surface area contributed by atoms with Gasteiger partial charge in [-0.15, -0.1) is 0 Å². The summed E-state index contributed by atoms with van der Waals surface area (Å²) in [6.45, 7) is 0.320. The van der Waals surface area contributed by atoms with Crippen molar-refractivity contribution in [1.29, 1.82) is 0 Å². The first-order chi connectivity index (χ1) is 9.99. The van der Waals surface area contributed by atoms with Gasteiger partial charge in [-0.1, -0.05) is 11.6 Å². The maximum Gasteiger partial charge on any atom is 0.338 e. The summed E-state index contributed by atoms with van der Waals surface area (Å²) in [4.78, 5) is 25.2. The van der Waals surface area contributed by atoms with Crippen LogP contribution in [0.5, 0.6) is 0 Å². The van der Waals surface area contributed by atoms with Gasteiger partial charge in [-0.2, -0.15) is 0 Å². The first-order valence-corrected chi connectivity index (χ1v) is 6.21. The summed E-state index contributed by atoms with van der Waals surface area (Å²) >= 11 is 5.95. The summed E-state index contributed by atoms with van der Waals surface area (Å²) in [6.07, 6.45) is 3.21. The van der Waals surface area contributed by atoms with E-state index < -0.39 is 10.9 Å². The molecule has 0 saturated heterocycles. The Hall–Kier alpha value is -2.67. The molecular weight excluding hydrogens is 298 g/mol. The Labute approximate surface area is 124 Å². The van der Waals surface area contributed by atoms with Crippen molar-refractivity contribution >= 4 is 28.9 Å². The van der Waals surface area contributed by atoms with Crippen LogP contribution in [0.4, 0.5) is 11.4 Å². The van der Waals surface area contributed by atoms with E-state index in [0.717, 1.165) is 17.7 Å². The van der Waals surface area contributed by atoms with Crippen molar-refractivity contribution in [3.8, 4) is 0 Å². The first kappa shape index (κ1) is 14.7. The fraction of sp³-hybridized carbons (Fsp3) is 0.0769. The van der Waals surface area contributed by atoms with Crippen molar-refractivity contribution in [2.75, 3.05) is 5.32 Å². The van der Waals surface area contributed by atoms with Crippen molar-refractivity contribution in [2.24, 2.45) is 0 Å².